The molecule has 1 aromatic heterocycles. The Bertz CT molecular complexity index is 537. The Labute approximate surface area is 136 Å². The highest BCUT2D eigenvalue weighted by Crippen LogP contribution is 2.33. The van der Waals surface area contributed by atoms with Gasteiger partial charge in [-0.15, -0.1) is 0 Å². The molecule has 1 aromatic rings. The summed E-state index contributed by atoms with van der Waals surface area (Å²) in [4.78, 5) is 19.5. The molecule has 0 saturated heterocycles. The zero-order valence-electron chi connectivity index (χ0n) is 13.5. The van der Waals surface area contributed by atoms with Gasteiger partial charge < -0.3 is 10.6 Å². The summed E-state index contributed by atoms with van der Waals surface area (Å²) < 4.78 is 0. The number of anilines is 2. The van der Waals surface area contributed by atoms with Crippen LogP contribution in [0.4, 0.5) is 17.3 Å². The molecular weight excluding hydrogens is 294 g/mol. The molecule has 2 aliphatic rings. The van der Waals surface area contributed by atoms with E-state index in [1.54, 1.807) is 0 Å². The molecule has 23 heavy (non-hydrogen) atoms. The van der Waals surface area contributed by atoms with Gasteiger partial charge in [0.1, 0.15) is 6.33 Å². The number of hydrogen-bond donors (Lipinski definition) is 2. The van der Waals surface area contributed by atoms with Gasteiger partial charge in [-0.05, 0) is 25.7 Å². The molecule has 126 valence electrons. The first kappa shape index (κ1) is 16.0. The molecule has 2 saturated carbocycles. The fraction of sp³-hybridized carbons (Fsp3) is 0.750. The van der Waals surface area contributed by atoms with Gasteiger partial charge >= 0.3 is 5.69 Å². The first-order chi connectivity index (χ1) is 11.2. The Hall–Kier alpha value is -1.92. The Morgan fingerprint density at radius 1 is 0.870 bits per heavy atom. The smallest absolute Gasteiger partial charge is 0.353 e. The first-order valence-corrected chi connectivity index (χ1v) is 8.76. The Morgan fingerprint density at radius 2 is 1.30 bits per heavy atom. The van der Waals surface area contributed by atoms with Crippen LogP contribution in [0.25, 0.3) is 0 Å². The van der Waals surface area contributed by atoms with Crippen LogP contribution in [-0.2, 0) is 0 Å². The minimum atomic E-state index is -0.365. The second-order valence-electron chi connectivity index (χ2n) is 6.64. The molecule has 3 rings (SSSR count). The van der Waals surface area contributed by atoms with E-state index in [-0.39, 0.29) is 22.7 Å². The van der Waals surface area contributed by atoms with Gasteiger partial charge in [0, 0.05) is 12.1 Å². The number of nitrogens with zero attached hydrogens (tertiary/aromatic N) is 3. The number of hydrogen-bond acceptors (Lipinski definition) is 6. The van der Waals surface area contributed by atoms with Crippen LogP contribution in [0.1, 0.15) is 64.2 Å². The van der Waals surface area contributed by atoms with Gasteiger partial charge in [-0.2, -0.15) is 0 Å². The minimum Gasteiger partial charge on any atom is -0.361 e. The summed E-state index contributed by atoms with van der Waals surface area (Å²) in [6.45, 7) is 0. The molecule has 0 atom stereocenters. The van der Waals surface area contributed by atoms with Gasteiger partial charge in [0.05, 0.1) is 4.92 Å². The van der Waals surface area contributed by atoms with Crippen molar-refractivity contribution in [3.05, 3.63) is 16.4 Å². The van der Waals surface area contributed by atoms with Gasteiger partial charge in [-0.25, -0.2) is 9.97 Å². The number of rotatable bonds is 5. The van der Waals surface area contributed by atoms with E-state index in [1.807, 2.05) is 0 Å². The van der Waals surface area contributed by atoms with Crippen molar-refractivity contribution in [3.8, 4) is 0 Å². The summed E-state index contributed by atoms with van der Waals surface area (Å²) in [6, 6.07) is 0.555. The van der Waals surface area contributed by atoms with Crippen molar-refractivity contribution in [2.45, 2.75) is 76.3 Å². The van der Waals surface area contributed by atoms with Crippen molar-refractivity contribution in [1.82, 2.24) is 9.97 Å². The molecule has 2 aliphatic carbocycles. The van der Waals surface area contributed by atoms with Crippen LogP contribution in [0.15, 0.2) is 6.33 Å². The number of nitro groups is 1. The van der Waals surface area contributed by atoms with Crippen LogP contribution in [-0.4, -0.2) is 27.0 Å². The maximum Gasteiger partial charge on any atom is 0.353 e. The van der Waals surface area contributed by atoms with Crippen molar-refractivity contribution < 1.29 is 4.92 Å². The quantitative estimate of drug-likeness (QED) is 0.486. The van der Waals surface area contributed by atoms with E-state index in [1.165, 1.54) is 44.9 Å². The fourth-order valence-corrected chi connectivity index (χ4v) is 3.64. The van der Waals surface area contributed by atoms with E-state index < -0.39 is 0 Å². The van der Waals surface area contributed by atoms with E-state index in [2.05, 4.69) is 20.6 Å². The maximum absolute atomic E-state index is 11.6. The zero-order chi connectivity index (χ0) is 16.1. The van der Waals surface area contributed by atoms with Crippen LogP contribution >= 0.6 is 0 Å². The highest BCUT2D eigenvalue weighted by molar-refractivity contribution is 5.69. The van der Waals surface area contributed by atoms with Crippen LogP contribution < -0.4 is 10.6 Å². The fourth-order valence-electron chi connectivity index (χ4n) is 3.64. The van der Waals surface area contributed by atoms with E-state index in [0.29, 0.717) is 11.6 Å². The van der Waals surface area contributed by atoms with Crippen LogP contribution in [0, 0.1) is 10.1 Å². The van der Waals surface area contributed by atoms with Crippen LogP contribution in [0.2, 0.25) is 0 Å². The maximum atomic E-state index is 11.6. The Kier molecular flexibility index (Phi) is 5.25. The van der Waals surface area contributed by atoms with Gasteiger partial charge in [-0.3, -0.25) is 10.1 Å². The van der Waals surface area contributed by atoms with Crippen molar-refractivity contribution in [1.29, 1.82) is 0 Å². The highest BCUT2D eigenvalue weighted by Gasteiger charge is 2.27. The summed E-state index contributed by atoms with van der Waals surface area (Å²) in [5, 5.41) is 18.1. The van der Waals surface area contributed by atoms with Crippen LogP contribution in [0.5, 0.6) is 0 Å². The minimum absolute atomic E-state index is 0.0105. The second-order valence-corrected chi connectivity index (χ2v) is 6.64. The molecule has 7 heteroatoms. The zero-order valence-corrected chi connectivity index (χ0v) is 13.5. The SMILES string of the molecule is O=[N+]([O-])c1c(NC2CCCCCC2)ncnc1NC1CCCC1. The third-order valence-electron chi connectivity index (χ3n) is 4.90. The standard InChI is InChI=1S/C16H25N5O2/c22-21(23)14-15(19-12-7-3-1-2-4-8-12)17-11-18-16(14)20-13-9-5-6-10-13/h11-13H,1-10H2,(H2,17,18,19,20). The average Bonchev–Trinajstić information content (AvgIpc) is 2.90. The molecule has 0 bridgehead atoms. The lowest BCUT2D eigenvalue weighted by molar-refractivity contribution is -0.383. The van der Waals surface area contributed by atoms with Crippen molar-refractivity contribution in [2.24, 2.45) is 0 Å². The molecule has 0 aliphatic heterocycles. The van der Waals surface area contributed by atoms with Crippen molar-refractivity contribution in [3.63, 3.8) is 0 Å². The first-order valence-electron chi connectivity index (χ1n) is 8.76. The summed E-state index contributed by atoms with van der Waals surface area (Å²) in [7, 11) is 0. The van der Waals surface area contributed by atoms with Crippen molar-refractivity contribution in [2.75, 3.05) is 10.6 Å². The van der Waals surface area contributed by atoms with E-state index in [0.717, 1.165) is 25.7 Å². The normalized spacial score (nSPS) is 20.2. The molecule has 0 unspecified atom stereocenters. The largest absolute Gasteiger partial charge is 0.361 e. The summed E-state index contributed by atoms with van der Waals surface area (Å²) in [5.74, 6) is 0.713. The number of aromatic nitrogens is 2. The van der Waals surface area contributed by atoms with Crippen LogP contribution in [0.3, 0.4) is 0 Å². The van der Waals surface area contributed by atoms with E-state index in [9.17, 15) is 10.1 Å². The molecule has 7 nitrogen and oxygen atoms in total. The van der Waals surface area contributed by atoms with Gasteiger partial charge in [-0.1, -0.05) is 38.5 Å². The average molecular weight is 319 g/mol. The molecule has 0 amide bonds. The van der Waals surface area contributed by atoms with Gasteiger partial charge in [0.2, 0.25) is 11.6 Å². The molecule has 2 N–H and O–H groups in total. The monoisotopic (exact) mass is 319 g/mol. The molecule has 1 heterocycles. The molecule has 0 aromatic carbocycles. The predicted molar refractivity (Wildman–Crippen MR) is 89.7 cm³/mol. The molecular formula is C16H25N5O2. The third kappa shape index (κ3) is 4.09. The predicted octanol–water partition coefficient (Wildman–Crippen LogP) is 3.87. The summed E-state index contributed by atoms with van der Waals surface area (Å²) in [5.41, 5.74) is -0.0105. The molecule has 0 spiro atoms. The highest BCUT2D eigenvalue weighted by atomic mass is 16.6. The summed E-state index contributed by atoms with van der Waals surface area (Å²) in [6.07, 6.45) is 12.8. The Morgan fingerprint density at radius 3 is 1.74 bits per heavy atom. The van der Waals surface area contributed by atoms with Gasteiger partial charge in [0.25, 0.3) is 0 Å². The van der Waals surface area contributed by atoms with Crippen molar-refractivity contribution >= 4 is 17.3 Å². The second kappa shape index (κ2) is 7.57. The lowest BCUT2D eigenvalue weighted by atomic mass is 10.1. The van der Waals surface area contributed by atoms with Gasteiger partial charge in [0.15, 0.2) is 0 Å². The molecule has 2 fully saturated rings. The van der Waals surface area contributed by atoms with E-state index in [4.69, 9.17) is 0 Å². The number of nitrogens with one attached hydrogen (secondary N) is 2. The topological polar surface area (TPSA) is 93.0 Å². The van der Waals surface area contributed by atoms with E-state index >= 15 is 0 Å². The summed E-state index contributed by atoms with van der Waals surface area (Å²) >= 11 is 0. The Balaban J connectivity index is 1.79. The lowest BCUT2D eigenvalue weighted by Crippen LogP contribution is -2.22. The lowest BCUT2D eigenvalue weighted by Gasteiger charge is -2.18. The third-order valence-corrected chi connectivity index (χ3v) is 4.90. The molecule has 0 radical (unpaired) electrons.